The molecule has 0 saturated carbocycles. The molecule has 126 valence electrons. The molecule has 5 rings (SSSR count). The first kappa shape index (κ1) is 14.9. The largest absolute Gasteiger partial charge is 0.350 e. The summed E-state index contributed by atoms with van der Waals surface area (Å²) in [5.74, 6) is 0.757. The Hall–Kier alpha value is -3.40. The van der Waals surface area contributed by atoms with Crippen molar-refractivity contribution < 1.29 is 0 Å². The van der Waals surface area contributed by atoms with Crippen LogP contribution in [0, 0.1) is 0 Å². The second-order valence-electron chi connectivity index (χ2n) is 6.61. The van der Waals surface area contributed by atoms with E-state index < -0.39 is 0 Å². The summed E-state index contributed by atoms with van der Waals surface area (Å²) in [7, 11) is 4.12. The molecule has 0 aliphatic rings. The molecule has 26 heavy (non-hydrogen) atoms. The molecule has 0 atom stereocenters. The van der Waals surface area contributed by atoms with Crippen molar-refractivity contribution >= 4 is 21.8 Å². The molecule has 3 heterocycles. The molecule has 3 aromatic heterocycles. The van der Waals surface area contributed by atoms with E-state index in [0.717, 1.165) is 22.6 Å². The minimum absolute atomic E-state index is 0.757. The van der Waals surface area contributed by atoms with Crippen molar-refractivity contribution in [3.05, 3.63) is 73.2 Å². The Morgan fingerprint density at radius 3 is 1.96 bits per heavy atom. The van der Waals surface area contributed by atoms with Crippen molar-refractivity contribution in [2.24, 2.45) is 14.1 Å². The lowest BCUT2D eigenvalue weighted by atomic mass is 10.1. The Balaban J connectivity index is 1.72. The van der Waals surface area contributed by atoms with Crippen LogP contribution >= 0.6 is 0 Å². The van der Waals surface area contributed by atoms with E-state index in [9.17, 15) is 0 Å². The SMILES string of the molecule is Cn1cc(-c2ccnc(-c3cn(C)c4ccccc34)n2)c2ccccc21. The van der Waals surface area contributed by atoms with Gasteiger partial charge >= 0.3 is 0 Å². The van der Waals surface area contributed by atoms with Crippen LogP contribution in [-0.2, 0) is 14.1 Å². The summed E-state index contributed by atoms with van der Waals surface area (Å²) in [5.41, 5.74) is 5.52. The van der Waals surface area contributed by atoms with Gasteiger partial charge in [-0.2, -0.15) is 0 Å². The smallest absolute Gasteiger partial charge is 0.161 e. The molecule has 0 fully saturated rings. The molecule has 0 saturated heterocycles. The number of hydrogen-bond donors (Lipinski definition) is 0. The van der Waals surface area contributed by atoms with E-state index in [0.29, 0.717) is 0 Å². The number of benzene rings is 2. The third-order valence-electron chi connectivity index (χ3n) is 4.97. The van der Waals surface area contributed by atoms with Crippen molar-refractivity contribution in [3.8, 4) is 22.6 Å². The lowest BCUT2D eigenvalue weighted by molar-refractivity contribution is 0.967. The zero-order valence-corrected chi connectivity index (χ0v) is 14.7. The zero-order valence-electron chi connectivity index (χ0n) is 14.7. The van der Waals surface area contributed by atoms with E-state index in [1.54, 1.807) is 0 Å². The van der Waals surface area contributed by atoms with E-state index >= 15 is 0 Å². The highest BCUT2D eigenvalue weighted by atomic mass is 15.0. The highest BCUT2D eigenvalue weighted by Crippen LogP contribution is 2.32. The van der Waals surface area contributed by atoms with Crippen LogP contribution < -0.4 is 0 Å². The molecule has 0 spiro atoms. The van der Waals surface area contributed by atoms with Crippen LogP contribution in [-0.4, -0.2) is 19.1 Å². The van der Waals surface area contributed by atoms with E-state index in [1.165, 1.54) is 21.8 Å². The summed E-state index contributed by atoms with van der Waals surface area (Å²) >= 11 is 0. The van der Waals surface area contributed by atoms with Gasteiger partial charge in [-0.25, -0.2) is 9.97 Å². The van der Waals surface area contributed by atoms with Gasteiger partial charge in [0.25, 0.3) is 0 Å². The quantitative estimate of drug-likeness (QED) is 0.464. The molecule has 0 aliphatic carbocycles. The van der Waals surface area contributed by atoms with Crippen LogP contribution in [0.4, 0.5) is 0 Å². The second-order valence-corrected chi connectivity index (χ2v) is 6.61. The third kappa shape index (κ3) is 2.15. The van der Waals surface area contributed by atoms with Crippen LogP contribution in [0.2, 0.25) is 0 Å². The van der Waals surface area contributed by atoms with Crippen molar-refractivity contribution in [2.75, 3.05) is 0 Å². The molecule has 0 radical (unpaired) electrons. The van der Waals surface area contributed by atoms with E-state index in [4.69, 9.17) is 4.98 Å². The number of rotatable bonds is 2. The summed E-state index contributed by atoms with van der Waals surface area (Å²) in [6.07, 6.45) is 6.09. The van der Waals surface area contributed by atoms with Crippen molar-refractivity contribution in [1.29, 1.82) is 0 Å². The Labute approximate surface area is 151 Å². The molecule has 0 N–H and O–H groups in total. The van der Waals surface area contributed by atoms with Crippen LogP contribution in [0.5, 0.6) is 0 Å². The van der Waals surface area contributed by atoms with Gasteiger partial charge in [0.2, 0.25) is 0 Å². The summed E-state index contributed by atoms with van der Waals surface area (Å²) in [4.78, 5) is 9.46. The van der Waals surface area contributed by atoms with Gasteiger partial charge in [0, 0.05) is 65.6 Å². The van der Waals surface area contributed by atoms with Crippen molar-refractivity contribution in [3.63, 3.8) is 0 Å². The lowest BCUT2D eigenvalue weighted by Gasteiger charge is -2.02. The highest BCUT2D eigenvalue weighted by molar-refractivity contribution is 5.97. The highest BCUT2D eigenvalue weighted by Gasteiger charge is 2.14. The molecule has 2 aromatic carbocycles. The number of para-hydroxylation sites is 2. The minimum atomic E-state index is 0.757. The van der Waals surface area contributed by atoms with Gasteiger partial charge in [0.1, 0.15) is 0 Å². The van der Waals surface area contributed by atoms with Crippen LogP contribution in [0.1, 0.15) is 0 Å². The van der Waals surface area contributed by atoms with Gasteiger partial charge < -0.3 is 9.13 Å². The average molecular weight is 338 g/mol. The fourth-order valence-electron chi connectivity index (χ4n) is 3.70. The maximum Gasteiger partial charge on any atom is 0.161 e. The van der Waals surface area contributed by atoms with Gasteiger partial charge in [0.05, 0.1) is 5.69 Å². The zero-order chi connectivity index (χ0) is 17.7. The first-order chi connectivity index (χ1) is 12.7. The third-order valence-corrected chi connectivity index (χ3v) is 4.97. The van der Waals surface area contributed by atoms with Gasteiger partial charge in [-0.3, -0.25) is 0 Å². The maximum absolute atomic E-state index is 4.90. The van der Waals surface area contributed by atoms with Gasteiger partial charge in [-0.05, 0) is 18.2 Å². The Kier molecular flexibility index (Phi) is 3.19. The maximum atomic E-state index is 4.90. The van der Waals surface area contributed by atoms with E-state index in [1.807, 2.05) is 12.3 Å². The van der Waals surface area contributed by atoms with Crippen molar-refractivity contribution in [2.45, 2.75) is 0 Å². The number of fused-ring (bicyclic) bond motifs is 2. The predicted molar refractivity (Wildman–Crippen MR) is 106 cm³/mol. The summed E-state index contributed by atoms with van der Waals surface area (Å²) < 4.78 is 4.27. The second kappa shape index (κ2) is 5.56. The van der Waals surface area contributed by atoms with Gasteiger partial charge in [-0.15, -0.1) is 0 Å². The normalized spacial score (nSPS) is 11.5. The first-order valence-electron chi connectivity index (χ1n) is 8.64. The standard InChI is InChI=1S/C22H18N4/c1-25-13-17(15-7-3-5-9-20(15)25)19-11-12-23-22(24-19)18-14-26(2)21-10-6-4-8-16(18)21/h3-14H,1-2H3. The monoisotopic (exact) mass is 338 g/mol. The first-order valence-corrected chi connectivity index (χ1v) is 8.64. The molecule has 4 heteroatoms. The van der Waals surface area contributed by atoms with E-state index in [-0.39, 0.29) is 0 Å². The number of hydrogen-bond acceptors (Lipinski definition) is 2. The number of aryl methyl sites for hydroxylation is 2. The molecule has 5 aromatic rings. The fourth-order valence-corrected chi connectivity index (χ4v) is 3.70. The van der Waals surface area contributed by atoms with E-state index in [2.05, 4.69) is 89.1 Å². The molecule has 4 nitrogen and oxygen atoms in total. The lowest BCUT2D eigenvalue weighted by Crippen LogP contribution is -1.91. The van der Waals surface area contributed by atoms with Crippen LogP contribution in [0.15, 0.2) is 73.2 Å². The fraction of sp³-hybridized carbons (Fsp3) is 0.0909. The Bertz CT molecular complexity index is 1160. The van der Waals surface area contributed by atoms with Gasteiger partial charge in [-0.1, -0.05) is 36.4 Å². The molecule has 0 amide bonds. The summed E-state index contributed by atoms with van der Waals surface area (Å²) in [6, 6.07) is 18.7. The topological polar surface area (TPSA) is 35.6 Å². The molecular formula is C22H18N4. The van der Waals surface area contributed by atoms with Crippen molar-refractivity contribution in [1.82, 2.24) is 19.1 Å². The van der Waals surface area contributed by atoms with Crippen LogP contribution in [0.3, 0.4) is 0 Å². The summed E-state index contributed by atoms with van der Waals surface area (Å²) in [6.45, 7) is 0. The molecule has 0 bridgehead atoms. The molecule has 0 aliphatic heterocycles. The number of nitrogens with zero attached hydrogens (tertiary/aromatic N) is 4. The Morgan fingerprint density at radius 1 is 0.692 bits per heavy atom. The van der Waals surface area contributed by atoms with Gasteiger partial charge in [0.15, 0.2) is 5.82 Å². The average Bonchev–Trinajstić information content (AvgIpc) is 3.20. The summed E-state index contributed by atoms with van der Waals surface area (Å²) in [5, 5.41) is 2.38. The Morgan fingerprint density at radius 2 is 1.27 bits per heavy atom. The molecule has 0 unspecified atom stereocenters. The minimum Gasteiger partial charge on any atom is -0.350 e. The predicted octanol–water partition coefficient (Wildman–Crippen LogP) is 4.79. The number of aromatic nitrogens is 4. The van der Waals surface area contributed by atoms with Crippen LogP contribution in [0.25, 0.3) is 44.5 Å². The molecular weight excluding hydrogens is 320 g/mol.